The maximum Gasteiger partial charge on any atom is 0.118 e. The predicted octanol–water partition coefficient (Wildman–Crippen LogP) is 3.14. The average Bonchev–Trinajstić information content (AvgIpc) is 3.27. The number of nitrogens with one attached hydrogen (secondary N) is 2. The van der Waals surface area contributed by atoms with E-state index < -0.39 is 5.60 Å². The number of H-pyrrole nitrogens is 1. The summed E-state index contributed by atoms with van der Waals surface area (Å²) < 4.78 is 5.19. The number of aromatic nitrogens is 2. The van der Waals surface area contributed by atoms with E-state index in [1.807, 2.05) is 54.9 Å². The number of thiophene rings is 1. The summed E-state index contributed by atoms with van der Waals surface area (Å²) in [5.41, 5.74) is 2.20. The Morgan fingerprint density at radius 2 is 2.08 bits per heavy atom. The summed E-state index contributed by atoms with van der Waals surface area (Å²) in [5, 5.41) is 23.0. The normalized spacial score (nSPS) is 13.6. The number of methoxy groups -OCH3 is 1. The molecule has 0 bridgehead atoms. The van der Waals surface area contributed by atoms with Gasteiger partial charge in [-0.2, -0.15) is 5.10 Å². The summed E-state index contributed by atoms with van der Waals surface area (Å²) in [7, 11) is 1.65. The fourth-order valence-corrected chi connectivity index (χ4v) is 3.35. The van der Waals surface area contributed by atoms with Crippen molar-refractivity contribution in [1.29, 1.82) is 0 Å². The Morgan fingerprint density at radius 3 is 2.75 bits per heavy atom. The molecule has 0 saturated heterocycles. The molecule has 5 nitrogen and oxygen atoms in total. The fraction of sp³-hybridized carbons (Fsp3) is 0.278. The van der Waals surface area contributed by atoms with Crippen LogP contribution in [0.1, 0.15) is 17.4 Å². The van der Waals surface area contributed by atoms with Crippen molar-refractivity contribution in [2.24, 2.45) is 0 Å². The van der Waals surface area contributed by atoms with E-state index in [0.717, 1.165) is 27.4 Å². The molecule has 126 valence electrons. The molecule has 3 N–H and O–H groups in total. The largest absolute Gasteiger partial charge is 0.497 e. The van der Waals surface area contributed by atoms with Crippen molar-refractivity contribution in [3.63, 3.8) is 0 Å². The molecule has 3 rings (SSSR count). The van der Waals surface area contributed by atoms with Gasteiger partial charge in [-0.1, -0.05) is 6.07 Å². The quantitative estimate of drug-likeness (QED) is 0.616. The number of ether oxygens (including phenoxy) is 1. The van der Waals surface area contributed by atoms with Crippen LogP contribution in [-0.2, 0) is 12.1 Å². The van der Waals surface area contributed by atoms with Crippen molar-refractivity contribution >= 4 is 11.3 Å². The van der Waals surface area contributed by atoms with Gasteiger partial charge >= 0.3 is 0 Å². The summed E-state index contributed by atoms with van der Waals surface area (Å²) in [6.45, 7) is 2.92. The zero-order valence-corrected chi connectivity index (χ0v) is 14.6. The Kier molecular flexibility index (Phi) is 4.99. The average molecular weight is 343 g/mol. The van der Waals surface area contributed by atoms with Crippen LogP contribution in [-0.4, -0.2) is 29.0 Å². The minimum Gasteiger partial charge on any atom is -0.497 e. The van der Waals surface area contributed by atoms with Crippen LogP contribution in [0, 0.1) is 0 Å². The second-order valence-corrected chi connectivity index (χ2v) is 6.80. The van der Waals surface area contributed by atoms with E-state index in [-0.39, 0.29) is 0 Å². The number of hydrogen-bond acceptors (Lipinski definition) is 5. The number of rotatable bonds is 7. The lowest BCUT2D eigenvalue weighted by Gasteiger charge is -2.22. The first-order valence-corrected chi connectivity index (χ1v) is 8.62. The molecular formula is C18H21N3O2S. The number of benzene rings is 1. The highest BCUT2D eigenvalue weighted by Gasteiger charge is 2.23. The number of hydrogen-bond donors (Lipinski definition) is 3. The van der Waals surface area contributed by atoms with E-state index in [0.29, 0.717) is 13.1 Å². The lowest BCUT2D eigenvalue weighted by atomic mass is 10.0. The van der Waals surface area contributed by atoms with E-state index in [1.54, 1.807) is 18.4 Å². The molecule has 1 unspecified atom stereocenters. The molecule has 2 heterocycles. The molecule has 1 atom stereocenters. The first-order valence-electron chi connectivity index (χ1n) is 7.74. The van der Waals surface area contributed by atoms with Crippen molar-refractivity contribution in [3.8, 4) is 17.0 Å². The van der Waals surface area contributed by atoms with Gasteiger partial charge in [0.2, 0.25) is 0 Å². The minimum atomic E-state index is -0.877. The van der Waals surface area contributed by atoms with Gasteiger partial charge in [-0.05, 0) is 42.6 Å². The van der Waals surface area contributed by atoms with Crippen LogP contribution in [0.2, 0.25) is 0 Å². The molecule has 2 aromatic heterocycles. The smallest absolute Gasteiger partial charge is 0.118 e. The topological polar surface area (TPSA) is 70.2 Å². The molecule has 0 aliphatic heterocycles. The van der Waals surface area contributed by atoms with E-state index in [2.05, 4.69) is 15.5 Å². The molecule has 0 radical (unpaired) electrons. The second-order valence-electron chi connectivity index (χ2n) is 5.85. The molecule has 24 heavy (non-hydrogen) atoms. The van der Waals surface area contributed by atoms with Gasteiger partial charge in [0, 0.05) is 29.1 Å². The molecule has 3 aromatic rings. The number of nitrogens with zero attached hydrogens (tertiary/aromatic N) is 1. The maximum atomic E-state index is 10.6. The third kappa shape index (κ3) is 3.67. The van der Waals surface area contributed by atoms with Gasteiger partial charge < -0.3 is 15.2 Å². The Morgan fingerprint density at radius 1 is 1.29 bits per heavy atom. The van der Waals surface area contributed by atoms with Crippen LogP contribution in [0.25, 0.3) is 11.3 Å². The predicted molar refractivity (Wildman–Crippen MR) is 96.2 cm³/mol. The van der Waals surface area contributed by atoms with Gasteiger partial charge in [-0.15, -0.1) is 11.3 Å². The van der Waals surface area contributed by atoms with Crippen molar-refractivity contribution in [2.75, 3.05) is 13.7 Å². The van der Waals surface area contributed by atoms with E-state index in [4.69, 9.17) is 4.74 Å². The summed E-state index contributed by atoms with van der Waals surface area (Å²) in [5.74, 6) is 0.824. The third-order valence-corrected chi connectivity index (χ3v) is 5.06. The van der Waals surface area contributed by atoms with Crippen LogP contribution in [0.15, 0.2) is 48.0 Å². The first kappa shape index (κ1) is 16.7. The van der Waals surface area contributed by atoms with Crippen LogP contribution in [0.5, 0.6) is 5.75 Å². The lowest BCUT2D eigenvalue weighted by molar-refractivity contribution is 0.0604. The second kappa shape index (κ2) is 7.17. The Balaban J connectivity index is 1.65. The van der Waals surface area contributed by atoms with Crippen LogP contribution >= 0.6 is 11.3 Å². The number of aliphatic hydroxyl groups is 1. The number of aromatic amines is 1. The van der Waals surface area contributed by atoms with Crippen molar-refractivity contribution in [3.05, 3.63) is 58.4 Å². The van der Waals surface area contributed by atoms with Gasteiger partial charge in [0.25, 0.3) is 0 Å². The standard InChI is InChI=1S/C18H21N3O2S/c1-18(22,16-4-3-9-24-16)12-19-10-14-11-20-21-17(14)13-5-7-15(23-2)8-6-13/h3-9,11,19,22H,10,12H2,1-2H3,(H,20,21). The highest BCUT2D eigenvalue weighted by molar-refractivity contribution is 7.10. The Hall–Kier alpha value is -2.15. The van der Waals surface area contributed by atoms with Crippen molar-refractivity contribution < 1.29 is 9.84 Å². The SMILES string of the molecule is COc1ccc(-c2[nH]ncc2CNCC(C)(O)c2cccs2)cc1. The molecule has 0 spiro atoms. The monoisotopic (exact) mass is 343 g/mol. The molecule has 6 heteroatoms. The highest BCUT2D eigenvalue weighted by Crippen LogP contribution is 2.26. The minimum absolute atomic E-state index is 0.473. The zero-order chi connectivity index (χ0) is 17.0. The fourth-order valence-electron chi connectivity index (χ4n) is 2.57. The lowest BCUT2D eigenvalue weighted by Crippen LogP contribution is -2.34. The highest BCUT2D eigenvalue weighted by atomic mass is 32.1. The zero-order valence-electron chi connectivity index (χ0n) is 13.7. The van der Waals surface area contributed by atoms with Gasteiger partial charge in [0.1, 0.15) is 11.4 Å². The van der Waals surface area contributed by atoms with Gasteiger partial charge in [0.05, 0.1) is 19.0 Å². The van der Waals surface area contributed by atoms with E-state index >= 15 is 0 Å². The Labute approximate surface area is 145 Å². The van der Waals surface area contributed by atoms with Gasteiger partial charge in [-0.3, -0.25) is 5.10 Å². The molecule has 1 aromatic carbocycles. The third-order valence-electron chi connectivity index (χ3n) is 3.93. The summed E-state index contributed by atoms with van der Waals surface area (Å²) in [6.07, 6.45) is 1.81. The van der Waals surface area contributed by atoms with Crippen molar-refractivity contribution in [1.82, 2.24) is 15.5 Å². The van der Waals surface area contributed by atoms with Gasteiger partial charge in [0.15, 0.2) is 0 Å². The van der Waals surface area contributed by atoms with E-state index in [1.165, 1.54) is 0 Å². The maximum absolute atomic E-state index is 10.6. The van der Waals surface area contributed by atoms with Crippen LogP contribution < -0.4 is 10.1 Å². The summed E-state index contributed by atoms with van der Waals surface area (Å²) in [4.78, 5) is 0.956. The summed E-state index contributed by atoms with van der Waals surface area (Å²) >= 11 is 1.56. The molecule has 0 saturated carbocycles. The van der Waals surface area contributed by atoms with Crippen LogP contribution in [0.4, 0.5) is 0 Å². The molecule has 0 aliphatic rings. The molecule has 0 amide bonds. The summed E-state index contributed by atoms with van der Waals surface area (Å²) in [6, 6.07) is 11.7. The van der Waals surface area contributed by atoms with Gasteiger partial charge in [-0.25, -0.2) is 0 Å². The Bertz CT molecular complexity index is 764. The molecule has 0 aliphatic carbocycles. The molecular weight excluding hydrogens is 322 g/mol. The van der Waals surface area contributed by atoms with Crippen molar-refractivity contribution in [2.45, 2.75) is 19.1 Å². The van der Waals surface area contributed by atoms with Crippen LogP contribution in [0.3, 0.4) is 0 Å². The van der Waals surface area contributed by atoms with E-state index in [9.17, 15) is 5.11 Å². The first-order chi connectivity index (χ1) is 11.6. The molecule has 0 fully saturated rings.